The van der Waals surface area contributed by atoms with Crippen molar-refractivity contribution in [3.05, 3.63) is 54.0 Å². The summed E-state index contributed by atoms with van der Waals surface area (Å²) in [5, 5.41) is 6.18. The number of carbonyl (C=O) groups excluding carboxylic acids is 1. The summed E-state index contributed by atoms with van der Waals surface area (Å²) < 4.78 is 40.7. The Morgan fingerprint density at radius 1 is 1.14 bits per heavy atom. The Morgan fingerprint density at radius 3 is 2.71 bits per heavy atom. The van der Waals surface area contributed by atoms with E-state index in [2.05, 4.69) is 15.6 Å². The van der Waals surface area contributed by atoms with E-state index in [0.29, 0.717) is 49.9 Å². The van der Waals surface area contributed by atoms with Gasteiger partial charge in [-0.3, -0.25) is 4.79 Å². The molecule has 0 aliphatic carbocycles. The molecule has 1 amide bonds. The SMILES string of the molecule is Cc1cccc2nc(C(=O)Nc3cc(S(=O)(=O)N4CCOCC4)ccc3NCC3CCCO3)cn12. The number of ether oxygens (including phenoxy) is 2. The van der Waals surface area contributed by atoms with Crippen LogP contribution in [0.25, 0.3) is 5.65 Å². The van der Waals surface area contributed by atoms with Crippen LogP contribution >= 0.6 is 0 Å². The van der Waals surface area contributed by atoms with Crippen molar-refractivity contribution in [3.8, 4) is 0 Å². The number of fused-ring (bicyclic) bond motifs is 1. The number of hydrogen-bond donors (Lipinski definition) is 2. The number of morpholine rings is 1. The van der Waals surface area contributed by atoms with E-state index in [0.717, 1.165) is 25.1 Å². The van der Waals surface area contributed by atoms with Crippen LogP contribution in [0.3, 0.4) is 0 Å². The monoisotopic (exact) mass is 499 g/mol. The summed E-state index contributed by atoms with van der Waals surface area (Å²) in [5.74, 6) is -0.422. The lowest BCUT2D eigenvalue weighted by molar-refractivity contribution is 0.0730. The summed E-state index contributed by atoms with van der Waals surface area (Å²) in [6.07, 6.45) is 3.73. The average Bonchev–Trinajstić information content (AvgIpc) is 3.54. The summed E-state index contributed by atoms with van der Waals surface area (Å²) in [6.45, 7) is 4.54. The van der Waals surface area contributed by atoms with Gasteiger partial charge in [0.25, 0.3) is 5.91 Å². The number of nitrogens with zero attached hydrogens (tertiary/aromatic N) is 3. The maximum absolute atomic E-state index is 13.2. The van der Waals surface area contributed by atoms with Gasteiger partial charge in [0.2, 0.25) is 10.0 Å². The smallest absolute Gasteiger partial charge is 0.275 e. The van der Waals surface area contributed by atoms with Crippen LogP contribution in [-0.2, 0) is 19.5 Å². The second-order valence-electron chi connectivity index (χ2n) is 8.72. The van der Waals surface area contributed by atoms with Crippen LogP contribution in [-0.4, -0.2) is 73.6 Å². The minimum atomic E-state index is -3.73. The van der Waals surface area contributed by atoms with E-state index in [1.165, 1.54) is 10.4 Å². The lowest BCUT2D eigenvalue weighted by Crippen LogP contribution is -2.40. The second-order valence-corrected chi connectivity index (χ2v) is 10.7. The molecule has 11 heteroatoms. The topological polar surface area (TPSA) is 114 Å². The molecule has 2 fully saturated rings. The molecule has 1 aromatic carbocycles. The molecule has 2 N–H and O–H groups in total. The van der Waals surface area contributed by atoms with Gasteiger partial charge in [0.15, 0.2) is 0 Å². The van der Waals surface area contributed by atoms with Crippen LogP contribution in [0.5, 0.6) is 0 Å². The maximum atomic E-state index is 13.2. The molecule has 0 saturated carbocycles. The highest BCUT2D eigenvalue weighted by Crippen LogP contribution is 2.29. The van der Waals surface area contributed by atoms with Crippen LogP contribution < -0.4 is 10.6 Å². The first-order valence-corrected chi connectivity index (χ1v) is 13.2. The first-order valence-electron chi connectivity index (χ1n) is 11.8. The van der Waals surface area contributed by atoms with Gasteiger partial charge in [0, 0.05) is 38.1 Å². The highest BCUT2D eigenvalue weighted by atomic mass is 32.2. The Morgan fingerprint density at radius 2 is 1.97 bits per heavy atom. The largest absolute Gasteiger partial charge is 0.381 e. The van der Waals surface area contributed by atoms with E-state index < -0.39 is 15.9 Å². The van der Waals surface area contributed by atoms with Crippen molar-refractivity contribution >= 4 is 33.0 Å². The number of aromatic nitrogens is 2. The van der Waals surface area contributed by atoms with Crippen molar-refractivity contribution in [2.75, 3.05) is 50.1 Å². The number of carbonyl (C=O) groups is 1. The lowest BCUT2D eigenvalue weighted by Gasteiger charge is -2.26. The van der Waals surface area contributed by atoms with Gasteiger partial charge in [-0.25, -0.2) is 13.4 Å². The number of imidazole rings is 1. The molecular formula is C24H29N5O5S. The minimum absolute atomic E-state index is 0.0803. The van der Waals surface area contributed by atoms with Crippen LogP contribution in [0.2, 0.25) is 0 Å². The van der Waals surface area contributed by atoms with E-state index >= 15 is 0 Å². The summed E-state index contributed by atoms with van der Waals surface area (Å²) in [5.41, 5.74) is 2.85. The molecule has 2 aliphatic heterocycles. The molecule has 3 aromatic rings. The molecule has 4 heterocycles. The van der Waals surface area contributed by atoms with E-state index in [-0.39, 0.29) is 16.7 Å². The molecule has 1 atom stereocenters. The number of rotatable bonds is 7. The first-order chi connectivity index (χ1) is 16.9. The van der Waals surface area contributed by atoms with Gasteiger partial charge in [0.05, 0.1) is 35.6 Å². The molecule has 2 aromatic heterocycles. The quantitative estimate of drug-likeness (QED) is 0.513. The van der Waals surface area contributed by atoms with E-state index in [1.54, 1.807) is 18.3 Å². The number of hydrogen-bond acceptors (Lipinski definition) is 7. The Hall–Kier alpha value is -2.99. The Labute approximate surface area is 204 Å². The number of aryl methyl sites for hydroxylation is 1. The third kappa shape index (κ3) is 5.03. The molecule has 35 heavy (non-hydrogen) atoms. The predicted molar refractivity (Wildman–Crippen MR) is 131 cm³/mol. The molecular weight excluding hydrogens is 470 g/mol. The van der Waals surface area contributed by atoms with E-state index in [9.17, 15) is 13.2 Å². The normalized spacial score (nSPS) is 19.2. The summed E-state index contributed by atoms with van der Waals surface area (Å²) in [6, 6.07) is 10.4. The van der Waals surface area contributed by atoms with Gasteiger partial charge < -0.3 is 24.5 Å². The molecule has 1 unspecified atom stereocenters. The van der Waals surface area contributed by atoms with Crippen LogP contribution in [0.4, 0.5) is 11.4 Å². The van der Waals surface area contributed by atoms with Crippen LogP contribution in [0.15, 0.2) is 47.5 Å². The molecule has 2 aliphatic rings. The molecule has 0 spiro atoms. The average molecular weight is 500 g/mol. The third-order valence-electron chi connectivity index (χ3n) is 6.32. The van der Waals surface area contributed by atoms with Gasteiger partial charge in [-0.1, -0.05) is 6.07 Å². The molecule has 10 nitrogen and oxygen atoms in total. The highest BCUT2D eigenvalue weighted by molar-refractivity contribution is 7.89. The number of pyridine rings is 1. The van der Waals surface area contributed by atoms with E-state index in [1.807, 2.05) is 29.5 Å². The Bertz CT molecular complexity index is 1330. The zero-order chi connectivity index (χ0) is 24.4. The Kier molecular flexibility index (Phi) is 6.74. The van der Waals surface area contributed by atoms with Crippen molar-refractivity contribution in [2.45, 2.75) is 30.8 Å². The number of nitrogens with one attached hydrogen (secondary N) is 2. The number of benzene rings is 1. The van der Waals surface area contributed by atoms with Crippen molar-refractivity contribution in [2.24, 2.45) is 0 Å². The third-order valence-corrected chi connectivity index (χ3v) is 8.21. The first kappa shape index (κ1) is 23.7. The van der Waals surface area contributed by atoms with Gasteiger partial charge in [-0.2, -0.15) is 4.31 Å². The zero-order valence-corrected chi connectivity index (χ0v) is 20.4. The second kappa shape index (κ2) is 9.94. The maximum Gasteiger partial charge on any atom is 0.275 e. The summed E-state index contributed by atoms with van der Waals surface area (Å²) in [7, 11) is -3.73. The highest BCUT2D eigenvalue weighted by Gasteiger charge is 2.27. The molecule has 0 radical (unpaired) electrons. The van der Waals surface area contributed by atoms with Crippen molar-refractivity contribution < 1.29 is 22.7 Å². The van der Waals surface area contributed by atoms with Crippen molar-refractivity contribution in [1.82, 2.24) is 13.7 Å². The fourth-order valence-electron chi connectivity index (χ4n) is 4.35. The van der Waals surface area contributed by atoms with E-state index in [4.69, 9.17) is 9.47 Å². The molecule has 2 saturated heterocycles. The van der Waals surface area contributed by atoms with Crippen LogP contribution in [0.1, 0.15) is 29.0 Å². The fraction of sp³-hybridized carbons (Fsp3) is 0.417. The number of amides is 1. The number of anilines is 2. The van der Waals surface area contributed by atoms with Crippen LogP contribution in [0, 0.1) is 6.92 Å². The molecule has 0 bridgehead atoms. The fourth-order valence-corrected chi connectivity index (χ4v) is 5.79. The molecule has 186 valence electrons. The van der Waals surface area contributed by atoms with Gasteiger partial charge in [0.1, 0.15) is 11.3 Å². The summed E-state index contributed by atoms with van der Waals surface area (Å²) >= 11 is 0. The number of sulfonamides is 1. The van der Waals surface area contributed by atoms with Gasteiger partial charge >= 0.3 is 0 Å². The zero-order valence-electron chi connectivity index (χ0n) is 19.6. The van der Waals surface area contributed by atoms with Gasteiger partial charge in [-0.15, -0.1) is 0 Å². The standard InChI is InChI=1S/C24H29N5O5S/c1-17-4-2-6-23-26-22(16-29(17)23)24(30)27-21-14-19(35(31,32)28-9-12-33-13-10-28)7-8-20(21)25-15-18-5-3-11-34-18/h2,4,6-8,14,16,18,25H,3,5,9-13,15H2,1H3,(H,27,30). The Balaban J connectivity index is 1.44. The van der Waals surface area contributed by atoms with Crippen molar-refractivity contribution in [1.29, 1.82) is 0 Å². The lowest BCUT2D eigenvalue weighted by atomic mass is 10.2. The van der Waals surface area contributed by atoms with Gasteiger partial charge in [-0.05, 0) is 50.1 Å². The predicted octanol–water partition coefficient (Wildman–Crippen LogP) is 2.51. The van der Waals surface area contributed by atoms with Crippen molar-refractivity contribution in [3.63, 3.8) is 0 Å². The minimum Gasteiger partial charge on any atom is -0.381 e. The molecule has 5 rings (SSSR count). The summed E-state index contributed by atoms with van der Waals surface area (Å²) in [4.78, 5) is 17.7.